The summed E-state index contributed by atoms with van der Waals surface area (Å²) in [6.45, 7) is 2.47. The summed E-state index contributed by atoms with van der Waals surface area (Å²) in [5, 5.41) is 17.8. The Morgan fingerprint density at radius 1 is 1.60 bits per heavy atom. The number of aromatic nitrogens is 2. The average molecular weight is 206 g/mol. The summed E-state index contributed by atoms with van der Waals surface area (Å²) in [6.07, 6.45) is 1.68. The van der Waals surface area contributed by atoms with E-state index in [-0.39, 0.29) is 5.69 Å². The van der Waals surface area contributed by atoms with E-state index in [0.717, 1.165) is 0 Å². The second-order valence-electron chi connectivity index (χ2n) is 3.02. The number of nitro groups is 1. The fraction of sp³-hybridized carbons (Fsp3) is 0.222. The molecule has 2 aromatic heterocycles. The van der Waals surface area contributed by atoms with Gasteiger partial charge in [0.25, 0.3) is 0 Å². The van der Waals surface area contributed by atoms with Gasteiger partial charge in [0.05, 0.1) is 4.92 Å². The zero-order valence-electron chi connectivity index (χ0n) is 8.17. The fourth-order valence-corrected chi connectivity index (χ4v) is 1.45. The molecule has 0 aliphatic carbocycles. The van der Waals surface area contributed by atoms with Crippen LogP contribution in [0, 0.1) is 10.1 Å². The van der Waals surface area contributed by atoms with Crippen LogP contribution in [0.1, 0.15) is 6.92 Å². The smallest absolute Gasteiger partial charge is 0.338 e. The molecule has 0 radical (unpaired) electrons. The summed E-state index contributed by atoms with van der Waals surface area (Å²) in [6, 6.07) is 5.20. The lowest BCUT2D eigenvalue weighted by atomic mass is 10.3. The van der Waals surface area contributed by atoms with Gasteiger partial charge in [0.1, 0.15) is 5.52 Å². The third kappa shape index (κ3) is 1.50. The van der Waals surface area contributed by atoms with E-state index in [4.69, 9.17) is 0 Å². The first-order valence-corrected chi connectivity index (χ1v) is 4.59. The number of fused-ring (bicyclic) bond motifs is 1. The molecule has 0 fully saturated rings. The first-order valence-electron chi connectivity index (χ1n) is 4.59. The van der Waals surface area contributed by atoms with Crippen LogP contribution in [-0.2, 0) is 0 Å². The van der Waals surface area contributed by atoms with Gasteiger partial charge in [-0.1, -0.05) is 6.07 Å². The van der Waals surface area contributed by atoms with Crippen molar-refractivity contribution in [1.29, 1.82) is 0 Å². The topological polar surface area (TPSA) is 72.5 Å². The van der Waals surface area contributed by atoms with Crippen molar-refractivity contribution in [2.24, 2.45) is 0 Å². The molecule has 0 aliphatic rings. The van der Waals surface area contributed by atoms with Crippen LogP contribution in [0.5, 0.6) is 0 Å². The SMILES string of the molecule is CCNc1nn2ccccc2c1[N+](=O)[O-]. The predicted octanol–water partition coefficient (Wildman–Crippen LogP) is 1.67. The number of pyridine rings is 1. The van der Waals surface area contributed by atoms with Crippen molar-refractivity contribution in [1.82, 2.24) is 9.61 Å². The van der Waals surface area contributed by atoms with Crippen LogP contribution in [0.25, 0.3) is 5.52 Å². The summed E-state index contributed by atoms with van der Waals surface area (Å²) < 4.78 is 1.50. The second-order valence-corrected chi connectivity index (χ2v) is 3.02. The van der Waals surface area contributed by atoms with Crippen molar-refractivity contribution >= 4 is 17.0 Å². The molecule has 2 rings (SSSR count). The van der Waals surface area contributed by atoms with Crippen molar-refractivity contribution in [3.05, 3.63) is 34.5 Å². The summed E-state index contributed by atoms with van der Waals surface area (Å²) in [4.78, 5) is 10.5. The highest BCUT2D eigenvalue weighted by Gasteiger charge is 2.22. The minimum absolute atomic E-state index is 0.0254. The summed E-state index contributed by atoms with van der Waals surface area (Å²) in [7, 11) is 0. The molecule has 0 unspecified atom stereocenters. The molecule has 78 valence electrons. The Morgan fingerprint density at radius 3 is 3.07 bits per heavy atom. The van der Waals surface area contributed by atoms with Crippen molar-refractivity contribution in [3.63, 3.8) is 0 Å². The molecule has 0 bridgehead atoms. The normalized spacial score (nSPS) is 10.5. The van der Waals surface area contributed by atoms with Gasteiger partial charge >= 0.3 is 5.69 Å². The van der Waals surface area contributed by atoms with Crippen molar-refractivity contribution in [2.75, 3.05) is 11.9 Å². The van der Waals surface area contributed by atoms with Crippen LogP contribution in [-0.4, -0.2) is 21.1 Å². The number of nitrogens with one attached hydrogen (secondary N) is 1. The van der Waals surface area contributed by atoms with E-state index in [9.17, 15) is 10.1 Å². The molecule has 0 aliphatic heterocycles. The van der Waals surface area contributed by atoms with E-state index in [1.807, 2.05) is 6.92 Å². The number of nitrogens with zero attached hydrogens (tertiary/aromatic N) is 3. The molecule has 0 atom stereocenters. The van der Waals surface area contributed by atoms with Gasteiger partial charge in [-0.3, -0.25) is 10.1 Å². The second kappa shape index (κ2) is 3.56. The first-order chi connectivity index (χ1) is 7.24. The maximum Gasteiger partial charge on any atom is 0.338 e. The average Bonchev–Trinajstić information content (AvgIpc) is 2.56. The third-order valence-electron chi connectivity index (χ3n) is 2.04. The van der Waals surface area contributed by atoms with Gasteiger partial charge in [-0.05, 0) is 19.1 Å². The number of anilines is 1. The Morgan fingerprint density at radius 2 is 2.40 bits per heavy atom. The van der Waals surface area contributed by atoms with E-state index < -0.39 is 4.92 Å². The summed E-state index contributed by atoms with van der Waals surface area (Å²) in [5.74, 6) is 0.314. The van der Waals surface area contributed by atoms with Gasteiger partial charge in [-0.25, -0.2) is 4.52 Å². The lowest BCUT2D eigenvalue weighted by Gasteiger charge is -1.95. The standard InChI is InChI=1S/C9H10N4O2/c1-2-10-9-8(13(14)15)7-5-3-4-6-12(7)11-9/h3-6H,2H2,1H3,(H,10,11). The van der Waals surface area contributed by atoms with Crippen molar-refractivity contribution < 1.29 is 4.92 Å². The molecule has 0 saturated carbocycles. The third-order valence-corrected chi connectivity index (χ3v) is 2.04. The minimum Gasteiger partial charge on any atom is -0.363 e. The number of hydrogen-bond donors (Lipinski definition) is 1. The van der Waals surface area contributed by atoms with Gasteiger partial charge < -0.3 is 5.32 Å². The highest BCUT2D eigenvalue weighted by molar-refractivity contribution is 5.76. The molecule has 15 heavy (non-hydrogen) atoms. The van der Waals surface area contributed by atoms with Crippen LogP contribution in [0.15, 0.2) is 24.4 Å². The molecule has 0 aromatic carbocycles. The van der Waals surface area contributed by atoms with E-state index in [0.29, 0.717) is 17.9 Å². The predicted molar refractivity (Wildman–Crippen MR) is 56.0 cm³/mol. The Bertz CT molecular complexity index is 506. The molecule has 1 N–H and O–H groups in total. The molecular formula is C9H10N4O2. The van der Waals surface area contributed by atoms with Gasteiger partial charge in [0.15, 0.2) is 0 Å². The van der Waals surface area contributed by atoms with E-state index in [2.05, 4.69) is 10.4 Å². The largest absolute Gasteiger partial charge is 0.363 e. The summed E-state index contributed by atoms with van der Waals surface area (Å²) >= 11 is 0. The molecule has 0 saturated heterocycles. The Kier molecular flexibility index (Phi) is 2.24. The van der Waals surface area contributed by atoms with Gasteiger partial charge in [0.2, 0.25) is 5.82 Å². The highest BCUT2D eigenvalue weighted by atomic mass is 16.6. The molecule has 2 heterocycles. The lowest BCUT2D eigenvalue weighted by molar-refractivity contribution is -0.382. The molecule has 0 spiro atoms. The highest BCUT2D eigenvalue weighted by Crippen LogP contribution is 2.28. The first kappa shape index (κ1) is 9.45. The number of rotatable bonds is 3. The maximum atomic E-state index is 10.9. The molecular weight excluding hydrogens is 196 g/mol. The molecule has 6 nitrogen and oxygen atoms in total. The van der Waals surface area contributed by atoms with Crippen LogP contribution < -0.4 is 5.32 Å². The van der Waals surface area contributed by atoms with E-state index in [1.54, 1.807) is 24.4 Å². The Balaban J connectivity index is 2.69. The minimum atomic E-state index is -0.416. The van der Waals surface area contributed by atoms with Gasteiger partial charge in [-0.2, -0.15) is 0 Å². The van der Waals surface area contributed by atoms with Crippen molar-refractivity contribution in [3.8, 4) is 0 Å². The molecule has 2 aromatic rings. The zero-order chi connectivity index (χ0) is 10.8. The van der Waals surface area contributed by atoms with Crippen LogP contribution in [0.4, 0.5) is 11.5 Å². The summed E-state index contributed by atoms with van der Waals surface area (Å²) in [5.41, 5.74) is 0.524. The Hall–Kier alpha value is -2.11. The van der Waals surface area contributed by atoms with Gasteiger partial charge in [-0.15, -0.1) is 5.10 Å². The van der Waals surface area contributed by atoms with E-state index >= 15 is 0 Å². The van der Waals surface area contributed by atoms with Crippen LogP contribution >= 0.6 is 0 Å². The van der Waals surface area contributed by atoms with Gasteiger partial charge in [0, 0.05) is 12.7 Å². The van der Waals surface area contributed by atoms with Crippen LogP contribution in [0.2, 0.25) is 0 Å². The quantitative estimate of drug-likeness (QED) is 0.612. The van der Waals surface area contributed by atoms with Crippen molar-refractivity contribution in [2.45, 2.75) is 6.92 Å². The maximum absolute atomic E-state index is 10.9. The monoisotopic (exact) mass is 206 g/mol. The molecule has 0 amide bonds. The fourth-order valence-electron chi connectivity index (χ4n) is 1.45. The lowest BCUT2D eigenvalue weighted by Crippen LogP contribution is -2.00. The Labute approximate surface area is 85.7 Å². The number of hydrogen-bond acceptors (Lipinski definition) is 4. The van der Waals surface area contributed by atoms with Crippen LogP contribution in [0.3, 0.4) is 0 Å². The molecule has 6 heteroatoms. The van der Waals surface area contributed by atoms with E-state index in [1.165, 1.54) is 4.52 Å². The zero-order valence-corrected chi connectivity index (χ0v) is 8.17.